The van der Waals surface area contributed by atoms with Crippen molar-refractivity contribution < 1.29 is 18.3 Å². The molecule has 1 heterocycles. The second-order valence-electron chi connectivity index (χ2n) is 3.72. The van der Waals surface area contributed by atoms with Crippen LogP contribution >= 0.6 is 11.6 Å². The van der Waals surface area contributed by atoms with Gasteiger partial charge in [-0.3, -0.25) is 4.79 Å². The molecular weight excluding hydrogens is 240 g/mol. The maximum atomic E-state index is 12.3. The van der Waals surface area contributed by atoms with Crippen LogP contribution in [0.4, 0.5) is 8.78 Å². The zero-order valence-electron chi connectivity index (χ0n) is 9.00. The first-order valence-electron chi connectivity index (χ1n) is 5.39. The van der Waals surface area contributed by atoms with Gasteiger partial charge in [-0.2, -0.15) is 0 Å². The summed E-state index contributed by atoms with van der Waals surface area (Å²) in [6.07, 6.45) is -0.652. The van der Waals surface area contributed by atoms with Crippen molar-refractivity contribution in [3.8, 4) is 0 Å². The van der Waals surface area contributed by atoms with Gasteiger partial charge in [-0.1, -0.05) is 0 Å². The first kappa shape index (κ1) is 13.6. The molecular formula is C10H16ClF2NO2. The molecule has 0 radical (unpaired) electrons. The molecule has 0 aromatic heterocycles. The lowest BCUT2D eigenvalue weighted by atomic mass is 10.1. The summed E-state index contributed by atoms with van der Waals surface area (Å²) < 4.78 is 29.8. The highest BCUT2D eigenvalue weighted by Gasteiger charge is 2.28. The van der Waals surface area contributed by atoms with Crippen LogP contribution in [0.1, 0.15) is 19.3 Å². The summed E-state index contributed by atoms with van der Waals surface area (Å²) in [7, 11) is 0. The first-order valence-corrected chi connectivity index (χ1v) is 5.93. The molecule has 0 aliphatic carbocycles. The molecule has 94 valence electrons. The van der Waals surface area contributed by atoms with E-state index in [1.165, 1.54) is 0 Å². The van der Waals surface area contributed by atoms with E-state index in [9.17, 15) is 13.6 Å². The predicted molar refractivity (Wildman–Crippen MR) is 56.9 cm³/mol. The van der Waals surface area contributed by atoms with Gasteiger partial charge in [0, 0.05) is 19.0 Å². The number of nitrogens with zero attached hydrogens (tertiary/aromatic N) is 1. The lowest BCUT2D eigenvalue weighted by molar-refractivity contribution is -0.148. The second kappa shape index (κ2) is 7.01. The Morgan fingerprint density at radius 3 is 2.75 bits per heavy atom. The predicted octanol–water partition coefficient (Wildman–Crippen LogP) is 1.89. The van der Waals surface area contributed by atoms with Gasteiger partial charge in [-0.15, -0.1) is 11.6 Å². The highest BCUT2D eigenvalue weighted by Crippen LogP contribution is 2.15. The Balaban J connectivity index is 2.50. The van der Waals surface area contributed by atoms with Gasteiger partial charge in [0.1, 0.15) is 6.10 Å². The minimum Gasteiger partial charge on any atom is -0.368 e. The average molecular weight is 256 g/mol. The summed E-state index contributed by atoms with van der Waals surface area (Å²) in [5.41, 5.74) is 0. The SMILES string of the molecule is O=C(C1CCCCO1)N(CCCl)CC(F)F. The summed E-state index contributed by atoms with van der Waals surface area (Å²) in [6, 6.07) is 0. The fourth-order valence-corrected chi connectivity index (χ4v) is 1.90. The Morgan fingerprint density at radius 1 is 1.50 bits per heavy atom. The van der Waals surface area contributed by atoms with Crippen molar-refractivity contribution in [1.82, 2.24) is 4.90 Å². The summed E-state index contributed by atoms with van der Waals surface area (Å²) in [5, 5.41) is 0. The van der Waals surface area contributed by atoms with Crippen molar-refractivity contribution >= 4 is 17.5 Å². The molecule has 1 unspecified atom stereocenters. The van der Waals surface area contributed by atoms with E-state index in [4.69, 9.17) is 16.3 Å². The van der Waals surface area contributed by atoms with Gasteiger partial charge < -0.3 is 9.64 Å². The molecule has 1 aliphatic rings. The Bertz CT molecular complexity index is 223. The first-order chi connectivity index (χ1) is 7.65. The molecule has 16 heavy (non-hydrogen) atoms. The zero-order chi connectivity index (χ0) is 12.0. The lowest BCUT2D eigenvalue weighted by Crippen LogP contribution is -2.44. The Morgan fingerprint density at radius 2 is 2.25 bits per heavy atom. The van der Waals surface area contributed by atoms with Gasteiger partial charge in [0.25, 0.3) is 12.3 Å². The van der Waals surface area contributed by atoms with Crippen molar-refractivity contribution in [1.29, 1.82) is 0 Å². The van der Waals surface area contributed by atoms with Crippen LogP contribution in [-0.4, -0.2) is 48.9 Å². The van der Waals surface area contributed by atoms with E-state index in [0.29, 0.717) is 13.0 Å². The zero-order valence-corrected chi connectivity index (χ0v) is 9.76. The van der Waals surface area contributed by atoms with Crippen molar-refractivity contribution in [2.24, 2.45) is 0 Å². The van der Waals surface area contributed by atoms with Crippen LogP contribution in [0.15, 0.2) is 0 Å². The topological polar surface area (TPSA) is 29.5 Å². The number of alkyl halides is 3. The second-order valence-corrected chi connectivity index (χ2v) is 4.10. The average Bonchev–Trinajstić information content (AvgIpc) is 2.28. The minimum atomic E-state index is -2.53. The van der Waals surface area contributed by atoms with Crippen LogP contribution in [0.3, 0.4) is 0 Å². The molecule has 6 heteroatoms. The summed E-state index contributed by atoms with van der Waals surface area (Å²) in [6.45, 7) is 0.107. The molecule has 1 atom stereocenters. The third-order valence-electron chi connectivity index (χ3n) is 2.48. The van der Waals surface area contributed by atoms with Crippen molar-refractivity contribution in [3.63, 3.8) is 0 Å². The van der Waals surface area contributed by atoms with Gasteiger partial charge >= 0.3 is 0 Å². The van der Waals surface area contributed by atoms with E-state index in [1.54, 1.807) is 0 Å². The number of ether oxygens (including phenoxy) is 1. The third kappa shape index (κ3) is 4.22. The van der Waals surface area contributed by atoms with E-state index < -0.39 is 19.1 Å². The van der Waals surface area contributed by atoms with E-state index in [1.807, 2.05) is 0 Å². The number of carbonyl (C=O) groups is 1. The minimum absolute atomic E-state index is 0.143. The molecule has 3 nitrogen and oxygen atoms in total. The maximum Gasteiger partial charge on any atom is 0.255 e. The normalized spacial score (nSPS) is 21.1. The third-order valence-corrected chi connectivity index (χ3v) is 2.65. The molecule has 0 spiro atoms. The van der Waals surface area contributed by atoms with Gasteiger partial charge in [-0.05, 0) is 19.3 Å². The number of halogens is 3. The molecule has 0 N–H and O–H groups in total. The van der Waals surface area contributed by atoms with Crippen molar-refractivity contribution in [2.45, 2.75) is 31.8 Å². The van der Waals surface area contributed by atoms with Crippen LogP contribution in [0.25, 0.3) is 0 Å². The van der Waals surface area contributed by atoms with Crippen LogP contribution in [-0.2, 0) is 9.53 Å². The number of hydrogen-bond donors (Lipinski definition) is 0. The summed E-state index contributed by atoms with van der Waals surface area (Å²) in [4.78, 5) is 12.9. The van der Waals surface area contributed by atoms with E-state index in [-0.39, 0.29) is 18.3 Å². The van der Waals surface area contributed by atoms with E-state index >= 15 is 0 Å². The molecule has 1 saturated heterocycles. The van der Waals surface area contributed by atoms with Gasteiger partial charge in [0.2, 0.25) is 0 Å². The molecule has 1 amide bonds. The van der Waals surface area contributed by atoms with Gasteiger partial charge in [0.05, 0.1) is 6.54 Å². The summed E-state index contributed by atoms with van der Waals surface area (Å²) in [5.74, 6) is -0.203. The fourth-order valence-electron chi connectivity index (χ4n) is 1.70. The largest absolute Gasteiger partial charge is 0.368 e. The van der Waals surface area contributed by atoms with E-state index in [2.05, 4.69) is 0 Å². The van der Waals surface area contributed by atoms with Crippen LogP contribution in [0, 0.1) is 0 Å². The van der Waals surface area contributed by atoms with Gasteiger partial charge in [-0.25, -0.2) is 8.78 Å². The molecule has 1 aliphatic heterocycles. The number of rotatable bonds is 5. The fraction of sp³-hybridized carbons (Fsp3) is 0.900. The molecule has 0 aromatic rings. The molecule has 1 fully saturated rings. The standard InChI is InChI=1S/C10H16ClF2NO2/c11-4-5-14(7-9(12)13)10(15)8-3-1-2-6-16-8/h8-9H,1-7H2. The van der Waals surface area contributed by atoms with E-state index in [0.717, 1.165) is 17.7 Å². The number of hydrogen-bond acceptors (Lipinski definition) is 2. The Hall–Kier alpha value is -0.420. The number of amides is 1. The van der Waals surface area contributed by atoms with Gasteiger partial charge in [0.15, 0.2) is 0 Å². The highest BCUT2D eigenvalue weighted by molar-refractivity contribution is 6.18. The Labute approximate surface area is 98.7 Å². The quantitative estimate of drug-likeness (QED) is 0.702. The lowest BCUT2D eigenvalue weighted by Gasteiger charge is -2.28. The van der Waals surface area contributed by atoms with Crippen LogP contribution in [0.5, 0.6) is 0 Å². The molecule has 0 bridgehead atoms. The Kier molecular flexibility index (Phi) is 5.98. The van der Waals surface area contributed by atoms with Crippen LogP contribution < -0.4 is 0 Å². The smallest absolute Gasteiger partial charge is 0.255 e. The van der Waals surface area contributed by atoms with Crippen molar-refractivity contribution in [2.75, 3.05) is 25.6 Å². The summed E-state index contributed by atoms with van der Waals surface area (Å²) >= 11 is 5.48. The highest BCUT2D eigenvalue weighted by atomic mass is 35.5. The van der Waals surface area contributed by atoms with Crippen LogP contribution in [0.2, 0.25) is 0 Å². The molecule has 1 rings (SSSR count). The number of carbonyl (C=O) groups excluding carboxylic acids is 1. The molecule has 0 saturated carbocycles. The molecule has 0 aromatic carbocycles. The van der Waals surface area contributed by atoms with Crippen molar-refractivity contribution in [3.05, 3.63) is 0 Å². The maximum absolute atomic E-state index is 12.3. The monoisotopic (exact) mass is 255 g/mol.